The largest absolute Gasteiger partial charge is 0.399 e. The van der Waals surface area contributed by atoms with Gasteiger partial charge in [-0.1, -0.05) is 0 Å². The molecule has 4 nitrogen and oxygen atoms in total. The van der Waals surface area contributed by atoms with Gasteiger partial charge < -0.3 is 5.73 Å². The van der Waals surface area contributed by atoms with E-state index in [0.29, 0.717) is 11.4 Å². The first-order valence-corrected chi connectivity index (χ1v) is 6.44. The molecule has 0 aliphatic rings. The fourth-order valence-electron chi connectivity index (χ4n) is 1.23. The van der Waals surface area contributed by atoms with E-state index in [0.717, 1.165) is 0 Å². The Morgan fingerprint density at radius 2 is 1.56 bits per heavy atom. The Labute approximate surface area is 97.1 Å². The van der Waals surface area contributed by atoms with Gasteiger partial charge in [-0.2, -0.15) is 0 Å². The van der Waals surface area contributed by atoms with Crippen LogP contribution in [0.3, 0.4) is 0 Å². The molecule has 0 amide bonds. The molecule has 2 N–H and O–H groups in total. The number of hydrogen-bond donors (Lipinski definition) is 1. The van der Waals surface area contributed by atoms with Crippen LogP contribution in [-0.4, -0.2) is 20.2 Å². The van der Waals surface area contributed by atoms with Crippen molar-refractivity contribution in [1.29, 1.82) is 0 Å². The monoisotopic (exact) mass is 242 g/mol. The summed E-state index contributed by atoms with van der Waals surface area (Å²) in [6, 6.07) is 6.76. The summed E-state index contributed by atoms with van der Waals surface area (Å²) in [6.07, 6.45) is 0. The van der Waals surface area contributed by atoms with E-state index in [9.17, 15) is 8.42 Å². The maximum atomic E-state index is 12.1. The van der Waals surface area contributed by atoms with Crippen molar-refractivity contribution in [2.45, 2.75) is 25.5 Å². The maximum absolute atomic E-state index is 12.1. The lowest BCUT2D eigenvalue weighted by Crippen LogP contribution is -2.40. The van der Waals surface area contributed by atoms with Crippen LogP contribution in [0.2, 0.25) is 0 Å². The summed E-state index contributed by atoms with van der Waals surface area (Å²) in [7, 11) is -1.80. The zero-order chi connectivity index (χ0) is 12.6. The van der Waals surface area contributed by atoms with E-state index in [1.54, 1.807) is 52.1 Å². The van der Waals surface area contributed by atoms with E-state index in [1.807, 2.05) is 0 Å². The summed E-state index contributed by atoms with van der Waals surface area (Å²) in [6.45, 7) is 5.03. The van der Waals surface area contributed by atoms with Crippen molar-refractivity contribution in [2.24, 2.45) is 0 Å². The van der Waals surface area contributed by atoms with Gasteiger partial charge in [0.2, 0.25) is 10.0 Å². The van der Waals surface area contributed by atoms with Crippen LogP contribution in [0.25, 0.3) is 0 Å². The first-order chi connectivity index (χ1) is 7.16. The first-order valence-electron chi connectivity index (χ1n) is 5.00. The highest BCUT2D eigenvalue weighted by molar-refractivity contribution is 7.94. The molecule has 0 saturated carbocycles. The molecule has 0 unspecified atom stereocenters. The van der Waals surface area contributed by atoms with Gasteiger partial charge in [-0.05, 0) is 45.0 Å². The normalized spacial score (nSPS) is 12.5. The van der Waals surface area contributed by atoms with Gasteiger partial charge in [0.15, 0.2) is 0 Å². The third-order valence-electron chi connectivity index (χ3n) is 2.39. The van der Waals surface area contributed by atoms with Gasteiger partial charge in [-0.3, -0.25) is 4.31 Å². The molecular weight excluding hydrogens is 224 g/mol. The second-order valence-electron chi connectivity index (χ2n) is 4.68. The Morgan fingerprint density at radius 1 is 1.12 bits per heavy atom. The zero-order valence-corrected chi connectivity index (χ0v) is 10.9. The summed E-state index contributed by atoms with van der Waals surface area (Å²) >= 11 is 0. The lowest BCUT2D eigenvalue weighted by molar-refractivity contribution is 0.558. The topological polar surface area (TPSA) is 63.4 Å². The minimum Gasteiger partial charge on any atom is -0.399 e. The van der Waals surface area contributed by atoms with Gasteiger partial charge in [0.05, 0.1) is 10.4 Å². The SMILES string of the molecule is CN(c1ccc(N)cc1)S(=O)(=O)C(C)(C)C. The predicted octanol–water partition coefficient (Wildman–Crippen LogP) is 1.83. The fourth-order valence-corrected chi connectivity index (χ4v) is 2.45. The molecule has 0 atom stereocenters. The number of nitrogen functional groups attached to an aromatic ring is 1. The number of benzene rings is 1. The van der Waals surface area contributed by atoms with Crippen molar-refractivity contribution < 1.29 is 8.42 Å². The Balaban J connectivity index is 3.13. The average molecular weight is 242 g/mol. The quantitative estimate of drug-likeness (QED) is 0.805. The van der Waals surface area contributed by atoms with Crippen LogP contribution < -0.4 is 10.0 Å². The molecular formula is C11H18N2O2S. The van der Waals surface area contributed by atoms with Gasteiger partial charge >= 0.3 is 0 Å². The summed E-state index contributed by atoms with van der Waals surface area (Å²) in [5, 5.41) is 0. The van der Waals surface area contributed by atoms with Crippen LogP contribution in [0, 0.1) is 0 Å². The van der Waals surface area contributed by atoms with Gasteiger partial charge in [-0.25, -0.2) is 8.42 Å². The molecule has 0 spiro atoms. The molecule has 0 bridgehead atoms. The molecule has 0 radical (unpaired) electrons. The number of nitrogens with zero attached hydrogens (tertiary/aromatic N) is 1. The van der Waals surface area contributed by atoms with Crippen LogP contribution in [0.1, 0.15) is 20.8 Å². The fraction of sp³-hybridized carbons (Fsp3) is 0.455. The average Bonchev–Trinajstić information content (AvgIpc) is 2.16. The molecule has 0 aliphatic heterocycles. The minimum absolute atomic E-state index is 0.615. The van der Waals surface area contributed by atoms with Gasteiger partial charge in [0.25, 0.3) is 0 Å². The molecule has 0 fully saturated rings. The highest BCUT2D eigenvalue weighted by Crippen LogP contribution is 2.25. The van der Waals surface area contributed by atoms with Crippen LogP contribution in [0.15, 0.2) is 24.3 Å². The lowest BCUT2D eigenvalue weighted by Gasteiger charge is -2.28. The maximum Gasteiger partial charge on any atom is 0.239 e. The first kappa shape index (κ1) is 12.8. The van der Waals surface area contributed by atoms with E-state index in [4.69, 9.17) is 5.73 Å². The molecule has 16 heavy (non-hydrogen) atoms. The van der Waals surface area contributed by atoms with Gasteiger partial charge in [-0.15, -0.1) is 0 Å². The zero-order valence-electron chi connectivity index (χ0n) is 10.1. The van der Waals surface area contributed by atoms with E-state index >= 15 is 0 Å². The van der Waals surface area contributed by atoms with Crippen LogP contribution in [0.4, 0.5) is 11.4 Å². The summed E-state index contributed by atoms with van der Waals surface area (Å²) < 4.78 is 24.7. The van der Waals surface area contributed by atoms with Crippen molar-refractivity contribution in [1.82, 2.24) is 0 Å². The van der Waals surface area contributed by atoms with Crippen LogP contribution in [-0.2, 0) is 10.0 Å². The van der Waals surface area contributed by atoms with E-state index in [2.05, 4.69) is 0 Å². The molecule has 0 heterocycles. The highest BCUT2D eigenvalue weighted by atomic mass is 32.2. The second-order valence-corrected chi connectivity index (χ2v) is 7.40. The molecule has 1 rings (SSSR count). The Bertz CT molecular complexity index is 458. The summed E-state index contributed by atoms with van der Waals surface area (Å²) in [5.74, 6) is 0. The van der Waals surface area contributed by atoms with E-state index in [1.165, 1.54) is 4.31 Å². The lowest BCUT2D eigenvalue weighted by atomic mass is 10.3. The molecule has 0 aromatic heterocycles. The van der Waals surface area contributed by atoms with Crippen molar-refractivity contribution in [2.75, 3.05) is 17.1 Å². The standard InChI is InChI=1S/C11H18N2O2S/c1-11(2,3)16(14,15)13(4)10-7-5-9(12)6-8-10/h5-8H,12H2,1-4H3. The van der Waals surface area contributed by atoms with Crippen molar-refractivity contribution in [3.05, 3.63) is 24.3 Å². The van der Waals surface area contributed by atoms with Crippen molar-refractivity contribution >= 4 is 21.4 Å². The molecule has 0 saturated heterocycles. The number of anilines is 2. The minimum atomic E-state index is -3.35. The Kier molecular flexibility index (Phi) is 3.19. The molecule has 5 heteroatoms. The highest BCUT2D eigenvalue weighted by Gasteiger charge is 2.33. The summed E-state index contributed by atoms with van der Waals surface area (Å²) in [4.78, 5) is 0. The third kappa shape index (κ3) is 2.29. The van der Waals surface area contributed by atoms with Gasteiger partial charge in [0.1, 0.15) is 0 Å². The smallest absolute Gasteiger partial charge is 0.239 e. The van der Waals surface area contributed by atoms with Crippen molar-refractivity contribution in [3.8, 4) is 0 Å². The summed E-state index contributed by atoms with van der Waals surface area (Å²) in [5.41, 5.74) is 6.78. The number of hydrogen-bond acceptors (Lipinski definition) is 3. The Morgan fingerprint density at radius 3 is 1.94 bits per heavy atom. The molecule has 1 aromatic carbocycles. The van der Waals surface area contributed by atoms with Crippen molar-refractivity contribution in [3.63, 3.8) is 0 Å². The molecule has 90 valence electrons. The molecule has 0 aliphatic carbocycles. The Hall–Kier alpha value is -1.23. The van der Waals surface area contributed by atoms with Gasteiger partial charge in [0, 0.05) is 12.7 Å². The van der Waals surface area contributed by atoms with Crippen LogP contribution >= 0.6 is 0 Å². The number of rotatable bonds is 2. The van der Waals surface area contributed by atoms with E-state index < -0.39 is 14.8 Å². The third-order valence-corrected chi connectivity index (χ3v) is 4.87. The predicted molar refractivity (Wildman–Crippen MR) is 67.9 cm³/mol. The van der Waals surface area contributed by atoms with Crippen LogP contribution in [0.5, 0.6) is 0 Å². The number of nitrogens with two attached hydrogens (primary N) is 1. The molecule has 1 aromatic rings. The number of sulfonamides is 1. The second kappa shape index (κ2) is 3.97. The van der Waals surface area contributed by atoms with E-state index in [-0.39, 0.29) is 0 Å².